The van der Waals surface area contributed by atoms with E-state index in [-0.39, 0.29) is 6.09 Å². The van der Waals surface area contributed by atoms with Crippen LogP contribution in [-0.4, -0.2) is 32.9 Å². The van der Waals surface area contributed by atoms with Gasteiger partial charge in [0.05, 0.1) is 23.3 Å². The number of carbonyl (C=O) groups is 1. The summed E-state index contributed by atoms with van der Waals surface area (Å²) in [7, 11) is 0. The van der Waals surface area contributed by atoms with Gasteiger partial charge >= 0.3 is 6.09 Å². The Kier molecular flexibility index (Phi) is 4.86. The van der Waals surface area contributed by atoms with Crippen molar-refractivity contribution in [2.24, 2.45) is 0 Å². The molecule has 3 rings (SSSR count). The number of carbonyl (C=O) groups excluding carboxylic acids is 1. The zero-order valence-electron chi connectivity index (χ0n) is 14.8. The van der Waals surface area contributed by atoms with Crippen molar-refractivity contribution in [3.05, 3.63) is 39.0 Å². The summed E-state index contributed by atoms with van der Waals surface area (Å²) in [4.78, 5) is 14.1. The van der Waals surface area contributed by atoms with Gasteiger partial charge in [-0.15, -0.1) is 0 Å². The van der Waals surface area contributed by atoms with Crippen LogP contribution in [0.3, 0.4) is 0 Å². The second-order valence-corrected chi connectivity index (χ2v) is 8.40. The quantitative estimate of drug-likeness (QED) is 0.643. The predicted octanol–water partition coefficient (Wildman–Crippen LogP) is 5.03. The molecule has 1 amide bonds. The largest absolute Gasteiger partial charge is 0.444 e. The lowest BCUT2D eigenvalue weighted by atomic mass is 10.1. The molecule has 0 unspecified atom stereocenters. The molecular formula is C18H21BrClN3O2. The number of halogens is 2. The minimum absolute atomic E-state index is 0.296. The fourth-order valence-electron chi connectivity index (χ4n) is 2.74. The van der Waals surface area contributed by atoms with E-state index in [0.717, 1.165) is 32.0 Å². The van der Waals surface area contributed by atoms with E-state index in [1.165, 1.54) is 0 Å². The van der Waals surface area contributed by atoms with Crippen molar-refractivity contribution in [1.82, 2.24) is 14.7 Å². The van der Waals surface area contributed by atoms with Crippen molar-refractivity contribution in [1.29, 1.82) is 0 Å². The number of aryl methyl sites for hydroxylation is 1. The zero-order valence-corrected chi connectivity index (χ0v) is 17.1. The minimum Gasteiger partial charge on any atom is -0.444 e. The van der Waals surface area contributed by atoms with E-state index >= 15 is 0 Å². The number of hydrogen-bond donors (Lipinski definition) is 0. The van der Waals surface area contributed by atoms with Crippen LogP contribution in [-0.2, 0) is 17.8 Å². The molecule has 2 heterocycles. The van der Waals surface area contributed by atoms with Crippen molar-refractivity contribution >= 4 is 33.6 Å². The van der Waals surface area contributed by atoms with Crippen LogP contribution in [0.1, 0.15) is 32.0 Å². The molecule has 0 radical (unpaired) electrons. The van der Waals surface area contributed by atoms with Crippen LogP contribution in [0.4, 0.5) is 4.79 Å². The molecule has 0 N–H and O–H groups in total. The number of fused-ring (bicyclic) bond motifs is 1. The summed E-state index contributed by atoms with van der Waals surface area (Å²) >= 11 is 9.78. The molecule has 0 bridgehead atoms. The van der Waals surface area contributed by atoms with Gasteiger partial charge in [0.25, 0.3) is 0 Å². The van der Waals surface area contributed by atoms with E-state index in [0.29, 0.717) is 19.6 Å². The van der Waals surface area contributed by atoms with E-state index in [4.69, 9.17) is 21.4 Å². The zero-order chi connectivity index (χ0) is 18.4. The monoisotopic (exact) mass is 425 g/mol. The van der Waals surface area contributed by atoms with Gasteiger partial charge in [-0.3, -0.25) is 4.68 Å². The van der Waals surface area contributed by atoms with Crippen LogP contribution in [0, 0.1) is 6.92 Å². The average molecular weight is 427 g/mol. The van der Waals surface area contributed by atoms with Crippen molar-refractivity contribution in [3.8, 4) is 11.3 Å². The number of hydrogen-bond acceptors (Lipinski definition) is 3. The summed E-state index contributed by atoms with van der Waals surface area (Å²) in [5.74, 6) is 0. The molecule has 0 atom stereocenters. The number of benzene rings is 1. The van der Waals surface area contributed by atoms with Crippen LogP contribution >= 0.6 is 27.5 Å². The number of nitrogens with zero attached hydrogens (tertiary/aromatic N) is 3. The molecule has 0 fully saturated rings. The van der Waals surface area contributed by atoms with Gasteiger partial charge in [0.15, 0.2) is 0 Å². The van der Waals surface area contributed by atoms with Gasteiger partial charge in [0.1, 0.15) is 11.3 Å². The Labute approximate surface area is 161 Å². The Bertz CT molecular complexity index is 826. The summed E-state index contributed by atoms with van der Waals surface area (Å²) in [5.41, 5.74) is 3.34. The van der Waals surface area contributed by atoms with Crippen LogP contribution in [0.2, 0.25) is 5.02 Å². The lowest BCUT2D eigenvalue weighted by Crippen LogP contribution is -2.41. The Hall–Kier alpha value is -1.53. The lowest BCUT2D eigenvalue weighted by Gasteiger charge is -2.30. The molecule has 1 aliphatic rings. The first-order chi connectivity index (χ1) is 11.7. The number of aromatic nitrogens is 2. The Balaban J connectivity index is 1.87. The van der Waals surface area contributed by atoms with E-state index in [9.17, 15) is 4.79 Å². The highest BCUT2D eigenvalue weighted by Gasteiger charge is 2.29. The van der Waals surface area contributed by atoms with Gasteiger partial charge < -0.3 is 9.64 Å². The number of amides is 1. The van der Waals surface area contributed by atoms with Crippen LogP contribution < -0.4 is 0 Å². The molecule has 0 aliphatic carbocycles. The summed E-state index contributed by atoms with van der Waals surface area (Å²) in [6.07, 6.45) is -0.296. The van der Waals surface area contributed by atoms with Gasteiger partial charge in [-0.1, -0.05) is 17.7 Å². The Morgan fingerprint density at radius 1 is 1.32 bits per heavy atom. The number of ether oxygens (including phenoxy) is 1. The third-order valence-corrected chi connectivity index (χ3v) is 5.26. The fraction of sp³-hybridized carbons (Fsp3) is 0.444. The second kappa shape index (κ2) is 6.65. The second-order valence-electron chi connectivity index (χ2n) is 7.20. The highest BCUT2D eigenvalue weighted by Crippen LogP contribution is 2.34. The molecular weight excluding hydrogens is 406 g/mol. The smallest absolute Gasteiger partial charge is 0.410 e. The van der Waals surface area contributed by atoms with Gasteiger partial charge in [-0.2, -0.15) is 5.10 Å². The van der Waals surface area contributed by atoms with Crippen LogP contribution in [0.15, 0.2) is 22.7 Å². The average Bonchev–Trinajstić information content (AvgIpc) is 2.85. The Morgan fingerprint density at radius 3 is 2.68 bits per heavy atom. The van der Waals surface area contributed by atoms with E-state index in [1.807, 2.05) is 50.6 Å². The first-order valence-electron chi connectivity index (χ1n) is 8.15. The highest BCUT2D eigenvalue weighted by atomic mass is 79.9. The van der Waals surface area contributed by atoms with Gasteiger partial charge in [-0.05, 0) is 61.3 Å². The molecule has 5 nitrogen and oxygen atoms in total. The molecule has 2 aromatic rings. The summed E-state index contributed by atoms with van der Waals surface area (Å²) < 4.78 is 8.33. The third-order valence-electron chi connectivity index (χ3n) is 4.00. The molecule has 0 saturated heterocycles. The van der Waals surface area contributed by atoms with Gasteiger partial charge in [0.2, 0.25) is 0 Å². The van der Waals surface area contributed by atoms with E-state index in [2.05, 4.69) is 15.9 Å². The maximum Gasteiger partial charge on any atom is 0.410 e. The summed E-state index contributed by atoms with van der Waals surface area (Å²) in [6.45, 7) is 9.27. The summed E-state index contributed by atoms with van der Waals surface area (Å²) in [5, 5.41) is 5.44. The maximum absolute atomic E-state index is 12.3. The molecule has 134 valence electrons. The molecule has 1 aliphatic heterocycles. The van der Waals surface area contributed by atoms with Gasteiger partial charge in [-0.25, -0.2) is 4.79 Å². The molecule has 1 aromatic heterocycles. The van der Waals surface area contributed by atoms with Crippen LogP contribution in [0.5, 0.6) is 0 Å². The predicted molar refractivity (Wildman–Crippen MR) is 102 cm³/mol. The van der Waals surface area contributed by atoms with E-state index < -0.39 is 5.60 Å². The van der Waals surface area contributed by atoms with Crippen molar-refractivity contribution < 1.29 is 9.53 Å². The topological polar surface area (TPSA) is 47.4 Å². The minimum atomic E-state index is -0.502. The van der Waals surface area contributed by atoms with Crippen LogP contribution in [0.25, 0.3) is 11.3 Å². The Morgan fingerprint density at radius 2 is 2.04 bits per heavy atom. The summed E-state index contributed by atoms with van der Waals surface area (Å²) in [6, 6.07) is 5.86. The van der Waals surface area contributed by atoms with E-state index in [1.54, 1.807) is 4.90 Å². The van der Waals surface area contributed by atoms with Crippen molar-refractivity contribution in [3.63, 3.8) is 0 Å². The molecule has 1 aromatic carbocycles. The lowest BCUT2D eigenvalue weighted by molar-refractivity contribution is 0.0194. The van der Waals surface area contributed by atoms with Gasteiger partial charge in [0, 0.05) is 17.1 Å². The standard InChI is InChI=1S/C18H21BrClN3O2/c1-11-9-12(5-6-13(11)20)16-15(19)14-10-22(7-8-23(14)21-16)17(24)25-18(2,3)4/h5-6,9H,7-8,10H2,1-4H3. The molecule has 0 saturated carbocycles. The van der Waals surface area contributed by atoms with Crippen molar-refractivity contribution in [2.75, 3.05) is 6.54 Å². The fourth-order valence-corrected chi connectivity index (χ4v) is 3.50. The third kappa shape index (κ3) is 3.85. The number of rotatable bonds is 1. The highest BCUT2D eigenvalue weighted by molar-refractivity contribution is 9.10. The molecule has 25 heavy (non-hydrogen) atoms. The first-order valence-corrected chi connectivity index (χ1v) is 9.32. The maximum atomic E-state index is 12.3. The molecule has 0 spiro atoms. The first kappa shape index (κ1) is 18.3. The molecule has 7 heteroatoms. The SMILES string of the molecule is Cc1cc(-c2nn3c(c2Br)CN(C(=O)OC(C)(C)C)CC3)ccc1Cl. The van der Waals surface area contributed by atoms with Crippen molar-refractivity contribution in [2.45, 2.75) is 46.4 Å². The normalized spacial score (nSPS) is 14.4.